The van der Waals surface area contributed by atoms with Crippen molar-refractivity contribution in [3.63, 3.8) is 0 Å². The number of aromatic nitrogens is 2. The summed E-state index contributed by atoms with van der Waals surface area (Å²) in [6.07, 6.45) is 1.66. The maximum atomic E-state index is 9.91. The summed E-state index contributed by atoms with van der Waals surface area (Å²) < 4.78 is 1.73. The van der Waals surface area contributed by atoms with E-state index >= 15 is 0 Å². The molecule has 0 spiro atoms. The Morgan fingerprint density at radius 2 is 1.94 bits per heavy atom. The Labute approximate surface area is 102 Å². The van der Waals surface area contributed by atoms with Crippen LogP contribution >= 0.6 is 0 Å². The zero-order chi connectivity index (χ0) is 12.6. The summed E-state index contributed by atoms with van der Waals surface area (Å²) in [7, 11) is 0. The number of rotatable bonds is 1. The van der Waals surface area contributed by atoms with E-state index in [0.29, 0.717) is 0 Å². The summed E-state index contributed by atoms with van der Waals surface area (Å²) in [4.78, 5) is 0. The molecular formula is C14H18N2O. The lowest BCUT2D eigenvalue weighted by atomic mass is 9.92. The van der Waals surface area contributed by atoms with Crippen LogP contribution in [0.4, 0.5) is 0 Å². The van der Waals surface area contributed by atoms with Crippen LogP contribution in [0, 0.1) is 6.92 Å². The summed E-state index contributed by atoms with van der Waals surface area (Å²) in [6.45, 7) is 8.15. The van der Waals surface area contributed by atoms with Gasteiger partial charge < -0.3 is 5.11 Å². The van der Waals surface area contributed by atoms with E-state index in [2.05, 4.69) is 5.10 Å². The van der Waals surface area contributed by atoms with Gasteiger partial charge in [-0.15, -0.1) is 0 Å². The van der Waals surface area contributed by atoms with Gasteiger partial charge in [-0.25, -0.2) is 4.68 Å². The standard InChI is InChI=1S/C14H18N2O/c1-10-6-5-7-11(8-10)16-9-12(17)13(15-16)14(2,3)4/h5-9,17H,1-4H3. The highest BCUT2D eigenvalue weighted by Gasteiger charge is 2.22. The summed E-state index contributed by atoms with van der Waals surface area (Å²) in [6, 6.07) is 8.04. The highest BCUT2D eigenvalue weighted by atomic mass is 16.3. The van der Waals surface area contributed by atoms with Crippen molar-refractivity contribution in [2.75, 3.05) is 0 Å². The molecular weight excluding hydrogens is 212 g/mol. The van der Waals surface area contributed by atoms with Gasteiger partial charge in [0.2, 0.25) is 0 Å². The molecule has 2 aromatic rings. The largest absolute Gasteiger partial charge is 0.504 e. The Morgan fingerprint density at radius 3 is 2.47 bits per heavy atom. The Hall–Kier alpha value is -1.77. The first-order valence-corrected chi connectivity index (χ1v) is 5.74. The molecule has 0 fully saturated rings. The Kier molecular flexibility index (Phi) is 2.69. The van der Waals surface area contributed by atoms with Crippen LogP contribution in [0.5, 0.6) is 5.75 Å². The summed E-state index contributed by atoms with van der Waals surface area (Å²) in [5.41, 5.74) is 2.71. The average molecular weight is 230 g/mol. The zero-order valence-corrected chi connectivity index (χ0v) is 10.7. The minimum absolute atomic E-state index is 0.154. The maximum Gasteiger partial charge on any atom is 0.157 e. The first-order chi connectivity index (χ1) is 7.88. The molecule has 1 aromatic carbocycles. The Morgan fingerprint density at radius 1 is 1.24 bits per heavy atom. The topological polar surface area (TPSA) is 38.0 Å². The Balaban J connectivity index is 2.49. The fourth-order valence-electron chi connectivity index (χ4n) is 1.80. The van der Waals surface area contributed by atoms with Crippen molar-refractivity contribution >= 4 is 0 Å². The molecule has 0 unspecified atom stereocenters. The van der Waals surface area contributed by atoms with Gasteiger partial charge in [0.05, 0.1) is 11.9 Å². The average Bonchev–Trinajstić information content (AvgIpc) is 2.60. The number of benzene rings is 1. The third kappa shape index (κ3) is 2.33. The van der Waals surface area contributed by atoms with Crippen LogP contribution in [0.3, 0.4) is 0 Å². The number of hydrogen-bond donors (Lipinski definition) is 1. The van der Waals surface area contributed by atoms with E-state index in [1.54, 1.807) is 10.9 Å². The molecule has 0 aliphatic heterocycles. The van der Waals surface area contributed by atoms with Crippen molar-refractivity contribution in [2.45, 2.75) is 33.1 Å². The van der Waals surface area contributed by atoms with Crippen LogP contribution in [0.25, 0.3) is 5.69 Å². The molecule has 1 aromatic heterocycles. The van der Waals surface area contributed by atoms with E-state index in [4.69, 9.17) is 0 Å². The molecule has 0 bridgehead atoms. The summed E-state index contributed by atoms with van der Waals surface area (Å²) in [5, 5.41) is 14.4. The molecule has 2 rings (SSSR count). The lowest BCUT2D eigenvalue weighted by molar-refractivity contribution is 0.444. The molecule has 3 heteroatoms. The third-order valence-corrected chi connectivity index (χ3v) is 2.67. The molecule has 0 saturated heterocycles. The zero-order valence-electron chi connectivity index (χ0n) is 10.7. The van der Waals surface area contributed by atoms with Gasteiger partial charge in [0.1, 0.15) is 5.69 Å². The SMILES string of the molecule is Cc1cccc(-n2cc(O)c(C(C)(C)C)n2)c1. The second-order valence-electron chi connectivity index (χ2n) is 5.40. The lowest BCUT2D eigenvalue weighted by Crippen LogP contribution is -2.12. The predicted molar refractivity (Wildman–Crippen MR) is 68.7 cm³/mol. The van der Waals surface area contributed by atoms with Gasteiger partial charge in [-0.2, -0.15) is 5.10 Å². The van der Waals surface area contributed by atoms with E-state index in [9.17, 15) is 5.11 Å². The van der Waals surface area contributed by atoms with E-state index in [1.807, 2.05) is 52.0 Å². The number of nitrogens with zero attached hydrogens (tertiary/aromatic N) is 2. The van der Waals surface area contributed by atoms with Gasteiger partial charge in [-0.05, 0) is 24.6 Å². The number of hydrogen-bond acceptors (Lipinski definition) is 2. The van der Waals surface area contributed by atoms with Crippen molar-refractivity contribution < 1.29 is 5.11 Å². The minimum atomic E-state index is -0.154. The molecule has 90 valence electrons. The molecule has 17 heavy (non-hydrogen) atoms. The minimum Gasteiger partial charge on any atom is -0.504 e. The highest BCUT2D eigenvalue weighted by molar-refractivity contribution is 5.38. The summed E-state index contributed by atoms with van der Waals surface area (Å²) >= 11 is 0. The van der Waals surface area contributed by atoms with Gasteiger partial charge in [-0.1, -0.05) is 32.9 Å². The predicted octanol–water partition coefficient (Wildman–Crippen LogP) is 3.18. The van der Waals surface area contributed by atoms with Crippen molar-refractivity contribution in [1.29, 1.82) is 0 Å². The van der Waals surface area contributed by atoms with Crippen LogP contribution in [-0.2, 0) is 5.41 Å². The molecule has 0 aliphatic carbocycles. The van der Waals surface area contributed by atoms with E-state index in [-0.39, 0.29) is 11.2 Å². The molecule has 0 radical (unpaired) electrons. The van der Waals surface area contributed by atoms with Crippen LogP contribution in [-0.4, -0.2) is 14.9 Å². The number of aromatic hydroxyl groups is 1. The lowest BCUT2D eigenvalue weighted by Gasteiger charge is -2.14. The van der Waals surface area contributed by atoms with E-state index in [0.717, 1.165) is 11.4 Å². The van der Waals surface area contributed by atoms with Gasteiger partial charge in [-0.3, -0.25) is 0 Å². The summed E-state index contributed by atoms with van der Waals surface area (Å²) in [5.74, 6) is 0.249. The second kappa shape index (κ2) is 3.91. The smallest absolute Gasteiger partial charge is 0.157 e. The third-order valence-electron chi connectivity index (χ3n) is 2.67. The van der Waals surface area contributed by atoms with Crippen molar-refractivity contribution in [3.8, 4) is 11.4 Å². The first kappa shape index (κ1) is 11.7. The molecule has 0 atom stereocenters. The van der Waals surface area contributed by atoms with Gasteiger partial charge in [0.25, 0.3) is 0 Å². The van der Waals surface area contributed by atoms with Crippen LogP contribution in [0.1, 0.15) is 32.0 Å². The first-order valence-electron chi connectivity index (χ1n) is 5.74. The van der Waals surface area contributed by atoms with Crippen LogP contribution in [0.2, 0.25) is 0 Å². The van der Waals surface area contributed by atoms with Gasteiger partial charge >= 0.3 is 0 Å². The molecule has 1 heterocycles. The van der Waals surface area contributed by atoms with Crippen LogP contribution < -0.4 is 0 Å². The van der Waals surface area contributed by atoms with Crippen molar-refractivity contribution in [1.82, 2.24) is 9.78 Å². The monoisotopic (exact) mass is 230 g/mol. The van der Waals surface area contributed by atoms with E-state index < -0.39 is 0 Å². The molecule has 1 N–H and O–H groups in total. The molecule has 0 amide bonds. The van der Waals surface area contributed by atoms with Crippen LogP contribution in [0.15, 0.2) is 30.5 Å². The quantitative estimate of drug-likeness (QED) is 0.817. The van der Waals surface area contributed by atoms with Crippen molar-refractivity contribution in [2.24, 2.45) is 0 Å². The van der Waals surface area contributed by atoms with E-state index in [1.165, 1.54) is 5.56 Å². The van der Waals surface area contributed by atoms with Gasteiger partial charge in [0.15, 0.2) is 5.75 Å². The second-order valence-corrected chi connectivity index (χ2v) is 5.40. The fraction of sp³-hybridized carbons (Fsp3) is 0.357. The number of aryl methyl sites for hydroxylation is 1. The van der Waals surface area contributed by atoms with Crippen molar-refractivity contribution in [3.05, 3.63) is 41.7 Å². The van der Waals surface area contributed by atoms with Gasteiger partial charge in [0, 0.05) is 5.41 Å². The molecule has 0 saturated carbocycles. The highest BCUT2D eigenvalue weighted by Crippen LogP contribution is 2.29. The maximum absolute atomic E-state index is 9.91. The Bertz CT molecular complexity index is 535. The normalized spacial score (nSPS) is 11.8. The molecule has 0 aliphatic rings. The molecule has 3 nitrogen and oxygen atoms in total. The fourth-order valence-corrected chi connectivity index (χ4v) is 1.80.